The number of nitrogens with zero attached hydrogens (tertiary/aromatic N) is 2. The number of aromatic nitrogens is 1. The first-order valence-corrected chi connectivity index (χ1v) is 14.0. The fourth-order valence-electron chi connectivity index (χ4n) is 5.45. The van der Waals surface area contributed by atoms with Gasteiger partial charge in [0.2, 0.25) is 0 Å². The summed E-state index contributed by atoms with van der Waals surface area (Å²) < 4.78 is 11.4. The molecule has 0 unspecified atom stereocenters. The zero-order valence-corrected chi connectivity index (χ0v) is 24.0. The highest BCUT2D eigenvalue weighted by molar-refractivity contribution is 6.03. The van der Waals surface area contributed by atoms with Crippen LogP contribution < -0.4 is 5.32 Å². The first-order chi connectivity index (χ1) is 19.7. The van der Waals surface area contributed by atoms with Gasteiger partial charge in [-0.25, -0.2) is 0 Å². The van der Waals surface area contributed by atoms with E-state index in [-0.39, 0.29) is 28.9 Å². The van der Waals surface area contributed by atoms with Crippen molar-refractivity contribution < 1.29 is 24.3 Å². The van der Waals surface area contributed by atoms with Crippen LogP contribution in [0.2, 0.25) is 0 Å². The summed E-state index contributed by atoms with van der Waals surface area (Å²) in [4.78, 5) is 15.5. The number of amides is 1. The molecule has 0 atom stereocenters. The van der Waals surface area contributed by atoms with Crippen molar-refractivity contribution in [3.63, 3.8) is 0 Å². The highest BCUT2D eigenvalue weighted by atomic mass is 16.5. The highest BCUT2D eigenvalue weighted by Crippen LogP contribution is 2.51. The predicted molar refractivity (Wildman–Crippen MR) is 159 cm³/mol. The van der Waals surface area contributed by atoms with Gasteiger partial charge in [-0.3, -0.25) is 9.69 Å². The first-order valence-electron chi connectivity index (χ1n) is 14.0. The Morgan fingerprint density at radius 1 is 0.927 bits per heavy atom. The number of carbonyl (C=O) groups is 1. The average molecular weight is 556 g/mol. The van der Waals surface area contributed by atoms with Crippen molar-refractivity contribution in [3.05, 3.63) is 77.5 Å². The van der Waals surface area contributed by atoms with Crippen LogP contribution in [0.3, 0.4) is 0 Å². The van der Waals surface area contributed by atoms with Crippen molar-refractivity contribution in [1.82, 2.24) is 15.4 Å². The molecule has 1 fully saturated rings. The number of benzene rings is 3. The van der Waals surface area contributed by atoms with E-state index >= 15 is 0 Å². The van der Waals surface area contributed by atoms with Gasteiger partial charge in [0.1, 0.15) is 11.5 Å². The van der Waals surface area contributed by atoms with E-state index in [0.29, 0.717) is 28.8 Å². The second-order valence-electron chi connectivity index (χ2n) is 11.3. The number of morpholine rings is 1. The highest BCUT2D eigenvalue weighted by Gasteiger charge is 2.34. The van der Waals surface area contributed by atoms with Gasteiger partial charge in [0, 0.05) is 37.8 Å². The molecule has 41 heavy (non-hydrogen) atoms. The summed E-state index contributed by atoms with van der Waals surface area (Å²) in [5.41, 5.74) is 4.44. The van der Waals surface area contributed by atoms with Crippen LogP contribution in [0.15, 0.2) is 65.2 Å². The molecule has 5 rings (SSSR count). The molecule has 1 aromatic heterocycles. The minimum Gasteiger partial charge on any atom is -0.507 e. The Balaban J connectivity index is 1.70. The number of phenolic OH excluding ortho intramolecular Hbond substituents is 2. The number of carbonyl (C=O) groups excluding carboxylic acids is 1. The maximum absolute atomic E-state index is 13.2. The van der Waals surface area contributed by atoms with Crippen molar-refractivity contribution >= 4 is 5.91 Å². The Kier molecular flexibility index (Phi) is 8.15. The van der Waals surface area contributed by atoms with Gasteiger partial charge in [-0.1, -0.05) is 80.5 Å². The third-order valence-corrected chi connectivity index (χ3v) is 7.32. The zero-order valence-electron chi connectivity index (χ0n) is 24.0. The average Bonchev–Trinajstić information content (AvgIpc) is 3.39. The van der Waals surface area contributed by atoms with Crippen molar-refractivity contribution in [2.45, 2.75) is 39.7 Å². The molecule has 1 aliphatic heterocycles. The van der Waals surface area contributed by atoms with Crippen LogP contribution in [0, 0.1) is 0 Å². The number of nitrogens with one attached hydrogen (secondary N) is 1. The molecule has 4 aromatic rings. The minimum atomic E-state index is -0.533. The van der Waals surface area contributed by atoms with Gasteiger partial charge in [0.05, 0.1) is 24.3 Å². The SMILES string of the molecule is CCNC(=O)c1noc(-c2c(O)cc(O)c(-c3ccccc3)c2C(C)(C)C)c1-c1ccc(CN2CCOCC2)cc1. The number of hydrogen-bond acceptors (Lipinski definition) is 7. The number of ether oxygens (including phenoxy) is 1. The van der Waals surface area contributed by atoms with Crippen molar-refractivity contribution in [2.75, 3.05) is 32.8 Å². The van der Waals surface area contributed by atoms with E-state index in [9.17, 15) is 15.0 Å². The molecule has 2 heterocycles. The lowest BCUT2D eigenvalue weighted by Crippen LogP contribution is -2.35. The molecular formula is C33H37N3O5. The van der Waals surface area contributed by atoms with Crippen molar-refractivity contribution in [3.8, 4) is 45.1 Å². The third kappa shape index (κ3) is 5.85. The maximum Gasteiger partial charge on any atom is 0.274 e. The first kappa shape index (κ1) is 28.4. The van der Waals surface area contributed by atoms with Gasteiger partial charge in [0.25, 0.3) is 5.91 Å². The van der Waals surface area contributed by atoms with Gasteiger partial charge in [-0.05, 0) is 34.6 Å². The van der Waals surface area contributed by atoms with Crippen LogP contribution in [0.4, 0.5) is 0 Å². The fourth-order valence-corrected chi connectivity index (χ4v) is 5.45. The van der Waals surface area contributed by atoms with Gasteiger partial charge in [0.15, 0.2) is 11.5 Å². The maximum atomic E-state index is 13.2. The van der Waals surface area contributed by atoms with Crippen LogP contribution in [0.25, 0.3) is 33.6 Å². The minimum absolute atomic E-state index is 0.0418. The van der Waals surface area contributed by atoms with Crippen LogP contribution >= 0.6 is 0 Å². The van der Waals surface area contributed by atoms with Gasteiger partial charge >= 0.3 is 0 Å². The van der Waals surface area contributed by atoms with E-state index in [4.69, 9.17) is 9.26 Å². The standard InChI is InChI=1S/C33H37N3O5/c1-5-34-32(39)30-27(23-13-11-21(12-14-23)20-36-15-17-40-18-16-36)31(41-35-30)28-25(38)19-24(37)26(29(28)33(2,3)4)22-9-7-6-8-10-22/h6-14,19,37-38H,5,15-18,20H2,1-4H3,(H,34,39). The van der Waals surface area contributed by atoms with Crippen molar-refractivity contribution in [2.24, 2.45) is 0 Å². The molecule has 1 aliphatic rings. The molecule has 8 heteroatoms. The largest absolute Gasteiger partial charge is 0.507 e. The molecule has 3 aromatic carbocycles. The second-order valence-corrected chi connectivity index (χ2v) is 11.3. The summed E-state index contributed by atoms with van der Waals surface area (Å²) in [7, 11) is 0. The monoisotopic (exact) mass is 555 g/mol. The van der Waals surface area contributed by atoms with E-state index in [1.165, 1.54) is 6.07 Å². The molecule has 3 N–H and O–H groups in total. The summed E-state index contributed by atoms with van der Waals surface area (Å²) in [6.07, 6.45) is 0. The molecule has 8 nitrogen and oxygen atoms in total. The number of hydrogen-bond donors (Lipinski definition) is 3. The molecule has 214 valence electrons. The Bertz CT molecular complexity index is 1520. The summed E-state index contributed by atoms with van der Waals surface area (Å²) in [5, 5.41) is 29.5. The summed E-state index contributed by atoms with van der Waals surface area (Å²) in [6, 6.07) is 18.9. The number of phenols is 2. The molecule has 0 radical (unpaired) electrons. The quantitative estimate of drug-likeness (QED) is 0.258. The Morgan fingerprint density at radius 3 is 2.20 bits per heavy atom. The summed E-state index contributed by atoms with van der Waals surface area (Å²) in [5.74, 6) is -0.295. The van der Waals surface area contributed by atoms with E-state index in [1.54, 1.807) is 0 Å². The van der Waals surface area contributed by atoms with E-state index in [2.05, 4.69) is 15.4 Å². The second kappa shape index (κ2) is 11.8. The third-order valence-electron chi connectivity index (χ3n) is 7.32. The lowest BCUT2D eigenvalue weighted by atomic mass is 9.76. The summed E-state index contributed by atoms with van der Waals surface area (Å²) in [6.45, 7) is 12.3. The van der Waals surface area contributed by atoms with E-state index in [1.807, 2.05) is 82.3 Å². The predicted octanol–water partition coefficient (Wildman–Crippen LogP) is 5.97. The molecule has 0 bridgehead atoms. The molecular weight excluding hydrogens is 518 g/mol. The molecule has 1 amide bonds. The Labute approximate surface area is 240 Å². The molecule has 0 spiro atoms. The fraction of sp³-hybridized carbons (Fsp3) is 0.333. The molecule has 0 aliphatic carbocycles. The smallest absolute Gasteiger partial charge is 0.274 e. The number of aromatic hydroxyl groups is 2. The van der Waals surface area contributed by atoms with Crippen LogP contribution in [-0.4, -0.2) is 59.0 Å². The lowest BCUT2D eigenvalue weighted by molar-refractivity contribution is 0.0342. The Hall–Kier alpha value is -4.14. The number of rotatable bonds is 7. The van der Waals surface area contributed by atoms with Crippen LogP contribution in [-0.2, 0) is 16.7 Å². The lowest BCUT2D eigenvalue weighted by Gasteiger charge is -2.27. The van der Waals surface area contributed by atoms with Gasteiger partial charge < -0.3 is 24.8 Å². The summed E-state index contributed by atoms with van der Waals surface area (Å²) >= 11 is 0. The topological polar surface area (TPSA) is 108 Å². The van der Waals surface area contributed by atoms with Crippen LogP contribution in [0.1, 0.15) is 49.3 Å². The Morgan fingerprint density at radius 2 is 1.56 bits per heavy atom. The van der Waals surface area contributed by atoms with Crippen molar-refractivity contribution in [1.29, 1.82) is 0 Å². The zero-order chi connectivity index (χ0) is 29.1. The van der Waals surface area contributed by atoms with Crippen LogP contribution in [0.5, 0.6) is 11.5 Å². The van der Waals surface area contributed by atoms with Gasteiger partial charge in [-0.2, -0.15) is 0 Å². The molecule has 0 saturated carbocycles. The normalized spacial score (nSPS) is 14.2. The molecule has 1 saturated heterocycles. The van der Waals surface area contributed by atoms with E-state index in [0.717, 1.165) is 49.5 Å². The van der Waals surface area contributed by atoms with E-state index < -0.39 is 5.41 Å². The van der Waals surface area contributed by atoms with Gasteiger partial charge in [-0.15, -0.1) is 0 Å².